The second-order valence-corrected chi connectivity index (χ2v) is 7.02. The van der Waals surface area contributed by atoms with Crippen LogP contribution in [0.4, 0.5) is 0 Å². The van der Waals surface area contributed by atoms with Gasteiger partial charge in [-0.3, -0.25) is 9.55 Å². The first-order valence-electron chi connectivity index (χ1n) is 8.54. The quantitative estimate of drug-likeness (QED) is 0.440. The predicted molar refractivity (Wildman–Crippen MR) is 108 cm³/mol. The Hall–Kier alpha value is -2.85. The van der Waals surface area contributed by atoms with Gasteiger partial charge in [-0.15, -0.1) is 0 Å². The van der Waals surface area contributed by atoms with Crippen LogP contribution in [-0.4, -0.2) is 14.5 Å². The van der Waals surface area contributed by atoms with Crippen molar-refractivity contribution in [3.05, 3.63) is 96.4 Å². The number of imidazole rings is 1. The second kappa shape index (κ2) is 7.58. The van der Waals surface area contributed by atoms with Gasteiger partial charge >= 0.3 is 0 Å². The van der Waals surface area contributed by atoms with Crippen LogP contribution in [0.2, 0.25) is 0 Å². The van der Waals surface area contributed by atoms with Gasteiger partial charge in [-0.05, 0) is 31.2 Å². The van der Waals surface area contributed by atoms with Crippen molar-refractivity contribution in [2.75, 3.05) is 0 Å². The number of pyridine rings is 1. The number of aromatic nitrogens is 3. The molecule has 2 aromatic heterocycles. The largest absolute Gasteiger partial charge is 0.287 e. The first-order chi connectivity index (χ1) is 12.8. The van der Waals surface area contributed by atoms with E-state index in [1.807, 2.05) is 36.7 Å². The molecule has 0 fully saturated rings. The molecular weight excluding hydrogens is 338 g/mol. The highest BCUT2D eigenvalue weighted by atomic mass is 32.2. The Kier molecular flexibility index (Phi) is 4.84. The number of nitrogens with zero attached hydrogens (tertiary/aromatic N) is 3. The SMILES string of the molecule is Cc1ccc(-n2c(-c3ccccc3)cnc2SCc2ccccn2)cc1. The third-order valence-corrected chi connectivity index (χ3v) is 5.15. The standard InChI is InChI=1S/C22H19N3S/c1-17-10-12-20(13-11-17)25-21(18-7-3-2-4-8-18)15-24-22(25)26-16-19-9-5-6-14-23-19/h2-15H,16H2,1H3. The highest BCUT2D eigenvalue weighted by Crippen LogP contribution is 2.31. The Morgan fingerprint density at radius 2 is 1.62 bits per heavy atom. The van der Waals surface area contributed by atoms with Crippen LogP contribution < -0.4 is 0 Å². The zero-order valence-corrected chi connectivity index (χ0v) is 15.4. The van der Waals surface area contributed by atoms with Crippen LogP contribution in [0.15, 0.2) is 90.3 Å². The molecule has 128 valence electrons. The predicted octanol–water partition coefficient (Wildman–Crippen LogP) is 5.54. The molecule has 0 unspecified atom stereocenters. The fourth-order valence-corrected chi connectivity index (χ4v) is 3.72. The van der Waals surface area contributed by atoms with E-state index in [2.05, 4.69) is 65.0 Å². The second-order valence-electron chi connectivity index (χ2n) is 6.07. The number of benzene rings is 2. The van der Waals surface area contributed by atoms with E-state index in [9.17, 15) is 0 Å². The van der Waals surface area contributed by atoms with Crippen LogP contribution in [0.3, 0.4) is 0 Å². The number of hydrogen-bond acceptors (Lipinski definition) is 3. The van der Waals surface area contributed by atoms with Gasteiger partial charge in [0.05, 0.1) is 17.6 Å². The van der Waals surface area contributed by atoms with E-state index in [-0.39, 0.29) is 0 Å². The average molecular weight is 357 g/mol. The van der Waals surface area contributed by atoms with Crippen LogP contribution in [0.1, 0.15) is 11.3 Å². The molecule has 4 rings (SSSR count). The summed E-state index contributed by atoms with van der Waals surface area (Å²) < 4.78 is 2.22. The molecule has 0 saturated heterocycles. The fraction of sp³-hybridized carbons (Fsp3) is 0.0909. The van der Waals surface area contributed by atoms with Crippen LogP contribution in [-0.2, 0) is 5.75 Å². The highest BCUT2D eigenvalue weighted by molar-refractivity contribution is 7.98. The van der Waals surface area contributed by atoms with Crippen molar-refractivity contribution in [1.29, 1.82) is 0 Å². The van der Waals surface area contributed by atoms with Gasteiger partial charge in [-0.1, -0.05) is 65.9 Å². The molecule has 0 saturated carbocycles. The molecule has 2 heterocycles. The van der Waals surface area contributed by atoms with Gasteiger partial charge < -0.3 is 0 Å². The van der Waals surface area contributed by atoms with E-state index < -0.39 is 0 Å². The lowest BCUT2D eigenvalue weighted by atomic mass is 10.1. The van der Waals surface area contributed by atoms with E-state index in [0.717, 1.165) is 33.5 Å². The van der Waals surface area contributed by atoms with E-state index in [0.29, 0.717) is 0 Å². The first kappa shape index (κ1) is 16.6. The summed E-state index contributed by atoms with van der Waals surface area (Å²) in [7, 11) is 0. The molecule has 0 atom stereocenters. The van der Waals surface area contributed by atoms with Crippen molar-refractivity contribution >= 4 is 11.8 Å². The minimum Gasteiger partial charge on any atom is -0.287 e. The van der Waals surface area contributed by atoms with Crippen molar-refractivity contribution in [2.45, 2.75) is 17.8 Å². The summed E-state index contributed by atoms with van der Waals surface area (Å²) in [5.74, 6) is 0.790. The summed E-state index contributed by atoms with van der Waals surface area (Å²) in [6.07, 6.45) is 3.79. The van der Waals surface area contributed by atoms with Crippen molar-refractivity contribution < 1.29 is 0 Å². The van der Waals surface area contributed by atoms with Gasteiger partial charge in [0.15, 0.2) is 5.16 Å². The third kappa shape index (κ3) is 3.55. The molecule has 0 radical (unpaired) electrons. The average Bonchev–Trinajstić information content (AvgIpc) is 3.12. The first-order valence-corrected chi connectivity index (χ1v) is 9.53. The van der Waals surface area contributed by atoms with Crippen LogP contribution in [0.25, 0.3) is 16.9 Å². The molecule has 3 nitrogen and oxygen atoms in total. The van der Waals surface area contributed by atoms with E-state index in [1.54, 1.807) is 11.8 Å². The molecular formula is C22H19N3S. The maximum absolute atomic E-state index is 4.70. The fourth-order valence-electron chi connectivity index (χ4n) is 2.81. The number of hydrogen-bond donors (Lipinski definition) is 0. The lowest BCUT2D eigenvalue weighted by Gasteiger charge is -2.12. The summed E-state index contributed by atoms with van der Waals surface area (Å²) in [5, 5.41) is 0.971. The maximum Gasteiger partial charge on any atom is 0.173 e. The molecule has 4 heteroatoms. The molecule has 0 N–H and O–H groups in total. The van der Waals surface area contributed by atoms with Gasteiger partial charge in [0, 0.05) is 23.2 Å². The Balaban J connectivity index is 1.74. The lowest BCUT2D eigenvalue weighted by molar-refractivity contribution is 0.898. The minimum atomic E-state index is 0.790. The van der Waals surface area contributed by atoms with E-state index in [4.69, 9.17) is 4.98 Å². The Morgan fingerprint density at radius 1 is 0.846 bits per heavy atom. The van der Waals surface area contributed by atoms with Crippen molar-refractivity contribution in [3.63, 3.8) is 0 Å². The maximum atomic E-state index is 4.70. The van der Waals surface area contributed by atoms with Crippen molar-refractivity contribution in [1.82, 2.24) is 14.5 Å². The zero-order chi connectivity index (χ0) is 17.8. The molecule has 0 bridgehead atoms. The number of aryl methyl sites for hydroxylation is 1. The minimum absolute atomic E-state index is 0.790. The van der Waals surface area contributed by atoms with E-state index >= 15 is 0 Å². The molecule has 0 aliphatic carbocycles. The van der Waals surface area contributed by atoms with Gasteiger partial charge in [0.2, 0.25) is 0 Å². The van der Waals surface area contributed by atoms with Crippen LogP contribution >= 0.6 is 11.8 Å². The lowest BCUT2D eigenvalue weighted by Crippen LogP contribution is -1.99. The van der Waals surface area contributed by atoms with Gasteiger partial charge in [-0.2, -0.15) is 0 Å². The molecule has 0 aliphatic rings. The highest BCUT2D eigenvalue weighted by Gasteiger charge is 2.14. The van der Waals surface area contributed by atoms with E-state index in [1.165, 1.54) is 5.56 Å². The number of rotatable bonds is 5. The molecule has 2 aromatic carbocycles. The van der Waals surface area contributed by atoms with Crippen LogP contribution in [0.5, 0.6) is 0 Å². The summed E-state index contributed by atoms with van der Waals surface area (Å²) >= 11 is 1.70. The smallest absolute Gasteiger partial charge is 0.173 e. The molecule has 4 aromatic rings. The van der Waals surface area contributed by atoms with Gasteiger partial charge in [0.1, 0.15) is 0 Å². The van der Waals surface area contributed by atoms with Gasteiger partial charge in [-0.25, -0.2) is 4.98 Å². The summed E-state index contributed by atoms with van der Waals surface area (Å²) in [5.41, 5.74) is 5.67. The molecule has 0 aliphatic heterocycles. The summed E-state index contributed by atoms with van der Waals surface area (Å²) in [4.78, 5) is 9.12. The number of thioether (sulfide) groups is 1. The summed E-state index contributed by atoms with van der Waals surface area (Å²) in [6, 6.07) is 25.0. The zero-order valence-electron chi connectivity index (χ0n) is 14.5. The summed E-state index contributed by atoms with van der Waals surface area (Å²) in [6.45, 7) is 2.10. The van der Waals surface area contributed by atoms with Crippen molar-refractivity contribution in [2.24, 2.45) is 0 Å². The topological polar surface area (TPSA) is 30.7 Å². The van der Waals surface area contributed by atoms with Gasteiger partial charge in [0.25, 0.3) is 0 Å². The Labute approximate surface area is 157 Å². The Morgan fingerprint density at radius 3 is 2.35 bits per heavy atom. The Bertz CT molecular complexity index is 977. The molecule has 0 amide bonds. The van der Waals surface area contributed by atoms with Crippen molar-refractivity contribution in [3.8, 4) is 16.9 Å². The molecule has 26 heavy (non-hydrogen) atoms. The van der Waals surface area contributed by atoms with Crippen LogP contribution in [0, 0.1) is 6.92 Å². The normalized spacial score (nSPS) is 10.8. The third-order valence-electron chi connectivity index (χ3n) is 4.17. The monoisotopic (exact) mass is 357 g/mol. The molecule has 0 spiro atoms.